The Kier molecular flexibility index (Phi) is 7.78. The molecule has 0 unspecified atom stereocenters. The first-order valence-corrected chi connectivity index (χ1v) is 9.31. The summed E-state index contributed by atoms with van der Waals surface area (Å²) in [6, 6.07) is 4.78. The number of ether oxygens (including phenoxy) is 2. The molecule has 27 heavy (non-hydrogen) atoms. The predicted octanol–water partition coefficient (Wildman–Crippen LogP) is 3.63. The maximum Gasteiger partial charge on any atom is 0.387 e. The number of aromatic nitrogens is 1. The van der Waals surface area contributed by atoms with Gasteiger partial charge in [-0.05, 0) is 32.9 Å². The molecule has 0 amide bonds. The van der Waals surface area contributed by atoms with Gasteiger partial charge in [0.05, 0.1) is 25.9 Å². The number of aliphatic imine (C=N–C) groups is 1. The molecule has 6 nitrogen and oxygen atoms in total. The summed E-state index contributed by atoms with van der Waals surface area (Å²) in [6.07, 6.45) is 0. The molecule has 0 radical (unpaired) electrons. The second-order valence-corrected chi connectivity index (χ2v) is 6.94. The van der Waals surface area contributed by atoms with Crippen LogP contribution in [0.4, 0.5) is 8.78 Å². The molecular formula is C18H24F2N4O2S. The highest BCUT2D eigenvalue weighted by molar-refractivity contribution is 7.11. The average Bonchev–Trinajstić information content (AvgIpc) is 2.95. The van der Waals surface area contributed by atoms with Gasteiger partial charge in [-0.2, -0.15) is 8.78 Å². The number of methoxy groups -OCH3 is 1. The van der Waals surface area contributed by atoms with Crippen molar-refractivity contribution >= 4 is 17.3 Å². The van der Waals surface area contributed by atoms with E-state index in [-0.39, 0.29) is 12.3 Å². The summed E-state index contributed by atoms with van der Waals surface area (Å²) in [4.78, 5) is 10.1. The number of nitrogens with one attached hydrogen (secondary N) is 2. The molecular weight excluding hydrogens is 374 g/mol. The zero-order valence-electron chi connectivity index (χ0n) is 15.8. The van der Waals surface area contributed by atoms with Crippen LogP contribution in [0.5, 0.6) is 11.5 Å². The second-order valence-electron chi connectivity index (χ2n) is 5.65. The van der Waals surface area contributed by atoms with Gasteiger partial charge < -0.3 is 20.1 Å². The summed E-state index contributed by atoms with van der Waals surface area (Å²) in [6.45, 7) is 4.43. The number of aryl methyl sites for hydroxylation is 2. The normalized spacial score (nSPS) is 11.6. The Hall–Kier alpha value is -2.42. The van der Waals surface area contributed by atoms with E-state index >= 15 is 0 Å². The Labute approximate surface area is 161 Å². The molecule has 0 aliphatic carbocycles. The topological polar surface area (TPSA) is 67.8 Å². The van der Waals surface area contributed by atoms with Gasteiger partial charge in [0, 0.05) is 23.1 Å². The third-order valence-electron chi connectivity index (χ3n) is 3.72. The van der Waals surface area contributed by atoms with Gasteiger partial charge in [-0.25, -0.2) is 9.98 Å². The van der Waals surface area contributed by atoms with Crippen LogP contribution >= 0.6 is 11.3 Å². The van der Waals surface area contributed by atoms with Crippen molar-refractivity contribution in [1.82, 2.24) is 15.6 Å². The average molecular weight is 398 g/mol. The lowest BCUT2D eigenvalue weighted by atomic mass is 10.2. The lowest BCUT2D eigenvalue weighted by molar-refractivity contribution is -0.0505. The number of halogens is 2. The first kappa shape index (κ1) is 20.9. The van der Waals surface area contributed by atoms with Crippen molar-refractivity contribution in [2.75, 3.05) is 13.7 Å². The fourth-order valence-corrected chi connectivity index (χ4v) is 3.15. The zero-order chi connectivity index (χ0) is 19.8. The highest BCUT2D eigenvalue weighted by Crippen LogP contribution is 2.27. The molecule has 1 heterocycles. The minimum absolute atomic E-state index is 0.0510. The van der Waals surface area contributed by atoms with Gasteiger partial charge in [0.1, 0.15) is 16.5 Å². The summed E-state index contributed by atoms with van der Waals surface area (Å²) < 4.78 is 35.0. The van der Waals surface area contributed by atoms with Crippen molar-refractivity contribution in [3.63, 3.8) is 0 Å². The van der Waals surface area contributed by atoms with E-state index in [1.807, 2.05) is 20.8 Å². The standard InChI is InChI=1S/C18H24F2N4O2S/c1-5-21-18(23-10-16-24-11(2)12(3)27-16)22-9-13-6-7-14(25-4)8-15(13)26-17(19)20/h6-8,17H,5,9-10H2,1-4H3,(H2,21,22,23). The van der Waals surface area contributed by atoms with Crippen LogP contribution in [-0.2, 0) is 13.1 Å². The van der Waals surface area contributed by atoms with E-state index in [1.165, 1.54) is 18.1 Å². The van der Waals surface area contributed by atoms with Crippen LogP contribution in [0.1, 0.15) is 28.1 Å². The third-order valence-corrected chi connectivity index (χ3v) is 4.79. The number of hydrogen-bond donors (Lipinski definition) is 2. The summed E-state index contributed by atoms with van der Waals surface area (Å²) in [5.74, 6) is 1.06. The molecule has 0 fully saturated rings. The maximum atomic E-state index is 12.7. The van der Waals surface area contributed by atoms with Crippen LogP contribution in [0.2, 0.25) is 0 Å². The highest BCUT2D eigenvalue weighted by atomic mass is 32.1. The van der Waals surface area contributed by atoms with E-state index in [0.717, 1.165) is 10.7 Å². The number of benzene rings is 1. The molecule has 9 heteroatoms. The van der Waals surface area contributed by atoms with Crippen molar-refractivity contribution in [3.05, 3.63) is 39.3 Å². The van der Waals surface area contributed by atoms with Crippen molar-refractivity contribution < 1.29 is 18.3 Å². The number of thiazole rings is 1. The number of rotatable bonds is 8. The lowest BCUT2D eigenvalue weighted by Gasteiger charge is -2.13. The Morgan fingerprint density at radius 3 is 2.67 bits per heavy atom. The van der Waals surface area contributed by atoms with E-state index in [0.29, 0.717) is 30.4 Å². The van der Waals surface area contributed by atoms with Crippen LogP contribution in [0.3, 0.4) is 0 Å². The van der Waals surface area contributed by atoms with E-state index in [1.54, 1.807) is 23.5 Å². The van der Waals surface area contributed by atoms with Crippen molar-refractivity contribution in [2.45, 2.75) is 40.5 Å². The molecule has 0 saturated carbocycles. The minimum Gasteiger partial charge on any atom is -0.497 e. The molecule has 0 aliphatic rings. The van der Waals surface area contributed by atoms with E-state index < -0.39 is 6.61 Å². The van der Waals surface area contributed by atoms with Crippen LogP contribution < -0.4 is 20.1 Å². The molecule has 2 N–H and O–H groups in total. The van der Waals surface area contributed by atoms with Gasteiger partial charge >= 0.3 is 6.61 Å². The monoisotopic (exact) mass is 398 g/mol. The Morgan fingerprint density at radius 2 is 2.07 bits per heavy atom. The predicted molar refractivity (Wildman–Crippen MR) is 103 cm³/mol. The molecule has 0 atom stereocenters. The molecule has 0 aliphatic heterocycles. The smallest absolute Gasteiger partial charge is 0.387 e. The summed E-state index contributed by atoms with van der Waals surface area (Å²) >= 11 is 1.63. The van der Waals surface area contributed by atoms with Gasteiger partial charge in [0.15, 0.2) is 5.96 Å². The Morgan fingerprint density at radius 1 is 1.30 bits per heavy atom. The molecule has 1 aromatic heterocycles. The van der Waals surface area contributed by atoms with Crippen LogP contribution in [-0.4, -0.2) is 31.2 Å². The van der Waals surface area contributed by atoms with Crippen LogP contribution in [0, 0.1) is 13.8 Å². The fourth-order valence-electron chi connectivity index (χ4n) is 2.28. The fraction of sp³-hybridized carbons (Fsp3) is 0.444. The molecule has 0 bridgehead atoms. The third kappa shape index (κ3) is 6.35. The van der Waals surface area contributed by atoms with Gasteiger partial charge in [-0.15, -0.1) is 11.3 Å². The van der Waals surface area contributed by atoms with Crippen LogP contribution in [0.25, 0.3) is 0 Å². The Balaban J connectivity index is 2.10. The van der Waals surface area contributed by atoms with Gasteiger partial charge in [0.2, 0.25) is 0 Å². The zero-order valence-corrected chi connectivity index (χ0v) is 16.6. The minimum atomic E-state index is -2.91. The quantitative estimate of drug-likeness (QED) is 0.525. The van der Waals surface area contributed by atoms with E-state index in [2.05, 4.69) is 25.3 Å². The number of nitrogens with zero attached hydrogens (tertiary/aromatic N) is 2. The number of alkyl halides is 2. The van der Waals surface area contributed by atoms with Gasteiger partial charge in [-0.3, -0.25) is 0 Å². The summed E-state index contributed by atoms with van der Waals surface area (Å²) in [5, 5.41) is 7.29. The second kappa shape index (κ2) is 10.1. The van der Waals surface area contributed by atoms with Gasteiger partial charge in [0.25, 0.3) is 0 Å². The lowest BCUT2D eigenvalue weighted by Crippen LogP contribution is -2.36. The first-order chi connectivity index (χ1) is 12.9. The molecule has 1 aromatic carbocycles. The largest absolute Gasteiger partial charge is 0.497 e. The van der Waals surface area contributed by atoms with Crippen molar-refractivity contribution in [3.8, 4) is 11.5 Å². The maximum absolute atomic E-state index is 12.7. The van der Waals surface area contributed by atoms with Crippen molar-refractivity contribution in [2.24, 2.45) is 4.99 Å². The molecule has 2 rings (SSSR count). The Bertz CT molecular complexity index is 761. The number of hydrogen-bond acceptors (Lipinski definition) is 5. The van der Waals surface area contributed by atoms with Crippen LogP contribution in [0.15, 0.2) is 23.2 Å². The highest BCUT2D eigenvalue weighted by Gasteiger charge is 2.12. The molecule has 2 aromatic rings. The SMILES string of the molecule is CCNC(=NCc1ccc(OC)cc1OC(F)F)NCc1nc(C)c(C)s1. The number of guanidine groups is 1. The molecule has 148 valence electrons. The van der Waals surface area contributed by atoms with Gasteiger partial charge in [-0.1, -0.05) is 0 Å². The first-order valence-electron chi connectivity index (χ1n) is 8.49. The summed E-state index contributed by atoms with van der Waals surface area (Å²) in [5.41, 5.74) is 1.56. The molecule has 0 spiro atoms. The van der Waals surface area contributed by atoms with Crippen molar-refractivity contribution in [1.29, 1.82) is 0 Å². The molecule has 0 saturated heterocycles. The van der Waals surface area contributed by atoms with E-state index in [4.69, 9.17) is 4.74 Å². The summed E-state index contributed by atoms with van der Waals surface area (Å²) in [7, 11) is 1.47. The van der Waals surface area contributed by atoms with E-state index in [9.17, 15) is 8.78 Å².